The van der Waals surface area contributed by atoms with Gasteiger partial charge in [-0.25, -0.2) is 4.39 Å². The number of hydrogen-bond acceptors (Lipinski definition) is 3. The Balaban J connectivity index is 1.49. The average molecular weight is 350 g/mol. The first-order valence-electron chi connectivity index (χ1n) is 8.09. The molecule has 2 aromatic carbocycles. The average Bonchev–Trinajstić information content (AvgIpc) is 3.26. The predicted molar refractivity (Wildman–Crippen MR) is 92.8 cm³/mol. The molecule has 7 heteroatoms. The molecule has 3 N–H and O–H groups in total. The molecular formula is C19H15FN4O2. The number of rotatable bonds is 4. The number of fused-ring (bicyclic) bond motifs is 1. The lowest BCUT2D eigenvalue weighted by Gasteiger charge is -2.07. The monoisotopic (exact) mass is 350 g/mol. The maximum atomic E-state index is 13.4. The molecule has 3 aromatic rings. The minimum absolute atomic E-state index is 0.120. The summed E-state index contributed by atoms with van der Waals surface area (Å²) in [6.45, 7) is 0.677. The third-order valence-corrected chi connectivity index (χ3v) is 4.32. The Kier molecular flexibility index (Phi) is 3.96. The van der Waals surface area contributed by atoms with Crippen LogP contribution in [-0.4, -0.2) is 22.0 Å². The van der Waals surface area contributed by atoms with Crippen LogP contribution in [0.5, 0.6) is 0 Å². The largest absolute Gasteiger partial charge is 0.348 e. The number of amides is 2. The third-order valence-electron chi connectivity index (χ3n) is 4.32. The van der Waals surface area contributed by atoms with Gasteiger partial charge in [-0.15, -0.1) is 0 Å². The summed E-state index contributed by atoms with van der Waals surface area (Å²) in [6, 6.07) is 11.2. The quantitative estimate of drug-likeness (QED) is 0.675. The van der Waals surface area contributed by atoms with Crippen molar-refractivity contribution in [3.05, 3.63) is 76.7 Å². The van der Waals surface area contributed by atoms with Crippen LogP contribution in [0.25, 0.3) is 11.3 Å². The Bertz CT molecular complexity index is 1010. The van der Waals surface area contributed by atoms with Crippen LogP contribution < -0.4 is 10.6 Å². The lowest BCUT2D eigenvalue weighted by molar-refractivity contribution is 0.0946. The van der Waals surface area contributed by atoms with Crippen molar-refractivity contribution < 1.29 is 14.0 Å². The fraction of sp³-hybridized carbons (Fsp3) is 0.105. The van der Waals surface area contributed by atoms with Crippen molar-refractivity contribution in [1.82, 2.24) is 20.8 Å². The maximum absolute atomic E-state index is 13.4. The van der Waals surface area contributed by atoms with Gasteiger partial charge in [0.1, 0.15) is 5.82 Å². The van der Waals surface area contributed by atoms with E-state index in [0.717, 1.165) is 11.1 Å². The molecule has 0 aliphatic carbocycles. The molecule has 2 heterocycles. The standard InChI is InChI=1S/C19H15FN4O2/c20-15-3-1-2-11(7-15)17-14(10-23-24-17)9-21-18(25)12-4-5-16-13(6-12)8-22-19(16)26/h1-7,10H,8-9H2,(H,21,25)(H,22,26)(H,23,24). The summed E-state index contributed by atoms with van der Waals surface area (Å²) in [7, 11) is 0. The van der Waals surface area contributed by atoms with Crippen LogP contribution >= 0.6 is 0 Å². The van der Waals surface area contributed by atoms with Crippen molar-refractivity contribution in [2.45, 2.75) is 13.1 Å². The van der Waals surface area contributed by atoms with E-state index < -0.39 is 0 Å². The number of carbonyl (C=O) groups excluding carboxylic acids is 2. The van der Waals surface area contributed by atoms with E-state index in [9.17, 15) is 14.0 Å². The van der Waals surface area contributed by atoms with Crippen LogP contribution in [0.3, 0.4) is 0 Å². The number of carbonyl (C=O) groups is 2. The second-order valence-electron chi connectivity index (χ2n) is 6.02. The van der Waals surface area contributed by atoms with Crippen molar-refractivity contribution in [2.75, 3.05) is 0 Å². The van der Waals surface area contributed by atoms with Crippen molar-refractivity contribution in [2.24, 2.45) is 0 Å². The zero-order valence-corrected chi connectivity index (χ0v) is 13.7. The number of nitrogens with one attached hydrogen (secondary N) is 3. The van der Waals surface area contributed by atoms with Gasteiger partial charge in [0, 0.05) is 35.3 Å². The summed E-state index contributed by atoms with van der Waals surface area (Å²) in [5.74, 6) is -0.711. The van der Waals surface area contributed by atoms with Gasteiger partial charge in [-0.2, -0.15) is 5.10 Å². The van der Waals surface area contributed by atoms with Crippen molar-refractivity contribution in [3.63, 3.8) is 0 Å². The molecule has 0 saturated carbocycles. The molecule has 0 spiro atoms. The van der Waals surface area contributed by atoms with Gasteiger partial charge < -0.3 is 10.6 Å². The summed E-state index contributed by atoms with van der Waals surface area (Å²) >= 11 is 0. The van der Waals surface area contributed by atoms with Crippen LogP contribution in [0.1, 0.15) is 31.8 Å². The first kappa shape index (κ1) is 16.0. The zero-order valence-electron chi connectivity index (χ0n) is 13.7. The normalized spacial score (nSPS) is 12.6. The van der Waals surface area contributed by atoms with Crippen molar-refractivity contribution >= 4 is 11.8 Å². The number of hydrogen-bond donors (Lipinski definition) is 3. The summed E-state index contributed by atoms with van der Waals surface area (Å²) < 4.78 is 13.4. The Morgan fingerprint density at radius 3 is 2.96 bits per heavy atom. The molecule has 1 aliphatic heterocycles. The highest BCUT2D eigenvalue weighted by molar-refractivity contribution is 6.01. The second-order valence-corrected chi connectivity index (χ2v) is 6.02. The Hall–Kier alpha value is -3.48. The van der Waals surface area contributed by atoms with Gasteiger partial charge in [-0.3, -0.25) is 14.7 Å². The minimum atomic E-state index is -0.339. The molecule has 26 heavy (non-hydrogen) atoms. The van der Waals surface area contributed by atoms with E-state index >= 15 is 0 Å². The van der Waals surface area contributed by atoms with E-state index in [1.165, 1.54) is 12.1 Å². The van der Waals surface area contributed by atoms with Gasteiger partial charge in [0.15, 0.2) is 0 Å². The minimum Gasteiger partial charge on any atom is -0.348 e. The van der Waals surface area contributed by atoms with E-state index in [-0.39, 0.29) is 24.2 Å². The third kappa shape index (κ3) is 2.95. The molecule has 6 nitrogen and oxygen atoms in total. The Morgan fingerprint density at radius 1 is 1.23 bits per heavy atom. The SMILES string of the molecule is O=C(NCc1cn[nH]c1-c1cccc(F)c1)c1ccc2c(c1)CNC2=O. The molecule has 0 radical (unpaired) electrons. The fourth-order valence-electron chi connectivity index (χ4n) is 2.99. The van der Waals surface area contributed by atoms with Gasteiger partial charge in [-0.05, 0) is 35.9 Å². The molecule has 0 atom stereocenters. The van der Waals surface area contributed by atoms with Crippen LogP contribution in [-0.2, 0) is 13.1 Å². The smallest absolute Gasteiger partial charge is 0.251 e. The van der Waals surface area contributed by atoms with Crippen molar-refractivity contribution in [1.29, 1.82) is 0 Å². The van der Waals surface area contributed by atoms with Gasteiger partial charge in [0.25, 0.3) is 11.8 Å². The molecule has 0 unspecified atom stereocenters. The Labute approximate surface area is 148 Å². The highest BCUT2D eigenvalue weighted by Gasteiger charge is 2.20. The summed E-state index contributed by atoms with van der Waals surface area (Å²) in [5.41, 5.74) is 3.97. The van der Waals surface area contributed by atoms with Crippen molar-refractivity contribution in [3.8, 4) is 11.3 Å². The Morgan fingerprint density at radius 2 is 2.12 bits per heavy atom. The van der Waals surface area contributed by atoms with E-state index in [1.54, 1.807) is 36.5 Å². The molecule has 0 fully saturated rings. The molecular weight excluding hydrogens is 335 g/mol. The summed E-state index contributed by atoms with van der Waals surface area (Å²) in [4.78, 5) is 24.0. The maximum Gasteiger partial charge on any atom is 0.251 e. The number of halogens is 1. The van der Waals surface area contributed by atoms with E-state index in [4.69, 9.17) is 0 Å². The molecule has 0 saturated heterocycles. The lowest BCUT2D eigenvalue weighted by Crippen LogP contribution is -2.23. The molecule has 4 rings (SSSR count). The van der Waals surface area contributed by atoms with Crippen LogP contribution in [0, 0.1) is 5.82 Å². The first-order valence-corrected chi connectivity index (χ1v) is 8.09. The summed E-state index contributed by atoms with van der Waals surface area (Å²) in [5, 5.41) is 12.4. The van der Waals surface area contributed by atoms with Crippen LogP contribution in [0.4, 0.5) is 4.39 Å². The van der Waals surface area contributed by atoms with E-state index in [2.05, 4.69) is 20.8 Å². The number of benzene rings is 2. The number of nitrogens with zero attached hydrogens (tertiary/aromatic N) is 1. The van der Waals surface area contributed by atoms with E-state index in [1.807, 2.05) is 0 Å². The molecule has 1 aromatic heterocycles. The topological polar surface area (TPSA) is 86.9 Å². The van der Waals surface area contributed by atoms with E-state index in [0.29, 0.717) is 28.9 Å². The fourth-order valence-corrected chi connectivity index (χ4v) is 2.99. The highest BCUT2D eigenvalue weighted by Crippen LogP contribution is 2.22. The highest BCUT2D eigenvalue weighted by atomic mass is 19.1. The van der Waals surface area contributed by atoms with Gasteiger partial charge in [-0.1, -0.05) is 12.1 Å². The zero-order chi connectivity index (χ0) is 18.1. The lowest BCUT2D eigenvalue weighted by atomic mass is 10.1. The molecule has 130 valence electrons. The predicted octanol–water partition coefficient (Wildman–Crippen LogP) is 2.39. The van der Waals surface area contributed by atoms with Gasteiger partial charge in [0.2, 0.25) is 0 Å². The molecule has 0 bridgehead atoms. The van der Waals surface area contributed by atoms with Crippen LogP contribution in [0.2, 0.25) is 0 Å². The van der Waals surface area contributed by atoms with Gasteiger partial charge in [0.05, 0.1) is 11.9 Å². The molecule has 2 amide bonds. The summed E-state index contributed by atoms with van der Waals surface area (Å²) in [6.07, 6.45) is 1.60. The molecule has 1 aliphatic rings. The van der Waals surface area contributed by atoms with Gasteiger partial charge >= 0.3 is 0 Å². The number of H-pyrrole nitrogens is 1. The first-order chi connectivity index (χ1) is 12.6. The van der Waals surface area contributed by atoms with Crippen LogP contribution in [0.15, 0.2) is 48.7 Å². The number of aromatic nitrogens is 2. The second kappa shape index (κ2) is 6.44. The number of aromatic amines is 1.